The van der Waals surface area contributed by atoms with Crippen LogP contribution in [0, 0.1) is 29.6 Å². The number of rotatable bonds is 3. The highest BCUT2D eigenvalue weighted by molar-refractivity contribution is 7.20. The molecule has 1 aromatic carbocycles. The van der Waals surface area contributed by atoms with Gasteiger partial charge < -0.3 is 5.32 Å². The molecule has 0 fully saturated rings. The Morgan fingerprint density at radius 1 is 1.00 bits per heavy atom. The lowest BCUT2D eigenvalue weighted by atomic mass is 10.1. The van der Waals surface area contributed by atoms with Gasteiger partial charge in [-0.1, -0.05) is 0 Å². The Kier molecular flexibility index (Phi) is 4.05. The monoisotopic (exact) mass is 316 g/mol. The van der Waals surface area contributed by atoms with E-state index in [9.17, 15) is 5.26 Å². The molecule has 5 heteroatoms. The number of aromatic nitrogens is 1. The second kappa shape index (κ2) is 6.31. The fraction of sp³-hybridized carbons (Fsp3) is 0.0556. The number of hydrogen-bond acceptors (Lipinski definition) is 5. The minimum absolute atomic E-state index is 0.607. The van der Waals surface area contributed by atoms with Crippen LogP contribution in [0.3, 0.4) is 0 Å². The highest BCUT2D eigenvalue weighted by atomic mass is 32.1. The maximum Gasteiger partial charge on any atom is 0.112 e. The molecule has 2 aromatic heterocycles. The second-order valence-electron chi connectivity index (χ2n) is 4.92. The van der Waals surface area contributed by atoms with E-state index in [0.717, 1.165) is 26.7 Å². The summed E-state index contributed by atoms with van der Waals surface area (Å²) in [5.41, 5.74) is 4.11. The Bertz CT molecular complexity index is 913. The molecule has 0 aliphatic rings. The van der Waals surface area contributed by atoms with Crippen LogP contribution in [-0.4, -0.2) is 4.98 Å². The topological polar surface area (TPSA) is 72.5 Å². The third kappa shape index (κ3) is 2.91. The summed E-state index contributed by atoms with van der Waals surface area (Å²) in [5, 5.41) is 22.4. The van der Waals surface area contributed by atoms with Crippen LogP contribution < -0.4 is 5.32 Å². The third-order valence-corrected chi connectivity index (χ3v) is 4.73. The quantitative estimate of drug-likeness (QED) is 0.766. The maximum absolute atomic E-state index is 9.48. The van der Waals surface area contributed by atoms with Gasteiger partial charge in [-0.2, -0.15) is 10.5 Å². The van der Waals surface area contributed by atoms with Gasteiger partial charge in [-0.15, -0.1) is 11.3 Å². The summed E-state index contributed by atoms with van der Waals surface area (Å²) < 4.78 is 0. The van der Waals surface area contributed by atoms with E-state index in [4.69, 9.17) is 5.26 Å². The molecular weight excluding hydrogens is 304 g/mol. The zero-order valence-corrected chi connectivity index (χ0v) is 13.2. The number of thiophene rings is 1. The van der Waals surface area contributed by atoms with Crippen molar-refractivity contribution in [3.8, 4) is 22.6 Å². The molecule has 0 saturated heterocycles. The van der Waals surface area contributed by atoms with E-state index >= 15 is 0 Å². The van der Waals surface area contributed by atoms with Crippen molar-refractivity contribution in [2.75, 3.05) is 5.32 Å². The highest BCUT2D eigenvalue weighted by Crippen LogP contribution is 2.40. The molecule has 2 heterocycles. The molecule has 110 valence electrons. The van der Waals surface area contributed by atoms with Crippen molar-refractivity contribution < 1.29 is 0 Å². The predicted octanol–water partition coefficient (Wildman–Crippen LogP) is 4.61. The lowest BCUT2D eigenvalue weighted by Crippen LogP contribution is -1.90. The molecule has 0 radical (unpaired) electrons. The van der Waals surface area contributed by atoms with Gasteiger partial charge in [0, 0.05) is 23.0 Å². The Morgan fingerprint density at radius 3 is 2.30 bits per heavy atom. The SMILES string of the molecule is Cc1c(-c2ccncc2)sc(Nc2ccc(C#N)cc2)c1C#N. The Labute approximate surface area is 138 Å². The van der Waals surface area contributed by atoms with Crippen LogP contribution in [0.15, 0.2) is 48.8 Å². The molecule has 1 N–H and O–H groups in total. The molecule has 3 aromatic rings. The van der Waals surface area contributed by atoms with Crippen molar-refractivity contribution in [1.82, 2.24) is 4.98 Å². The summed E-state index contributed by atoms with van der Waals surface area (Å²) in [6, 6.07) is 15.4. The highest BCUT2D eigenvalue weighted by Gasteiger charge is 2.16. The number of nitriles is 2. The molecule has 0 bridgehead atoms. The first-order valence-corrected chi connectivity index (χ1v) is 7.75. The van der Waals surface area contributed by atoms with Crippen molar-refractivity contribution in [1.29, 1.82) is 10.5 Å². The minimum atomic E-state index is 0.607. The van der Waals surface area contributed by atoms with Gasteiger partial charge in [0.1, 0.15) is 11.1 Å². The lowest BCUT2D eigenvalue weighted by molar-refractivity contribution is 1.33. The molecular formula is C18H12N4S. The van der Waals surface area contributed by atoms with Crippen molar-refractivity contribution >= 4 is 22.0 Å². The van der Waals surface area contributed by atoms with Gasteiger partial charge in [-0.3, -0.25) is 4.98 Å². The smallest absolute Gasteiger partial charge is 0.112 e. The molecule has 0 saturated carbocycles. The Balaban J connectivity index is 1.99. The lowest BCUT2D eigenvalue weighted by Gasteiger charge is -2.04. The van der Waals surface area contributed by atoms with Crippen LogP contribution in [0.1, 0.15) is 16.7 Å². The molecule has 4 nitrogen and oxygen atoms in total. The second-order valence-corrected chi connectivity index (χ2v) is 5.94. The van der Waals surface area contributed by atoms with Crippen molar-refractivity contribution in [2.24, 2.45) is 0 Å². The first-order valence-electron chi connectivity index (χ1n) is 6.94. The third-order valence-electron chi connectivity index (χ3n) is 3.47. The van der Waals surface area contributed by atoms with Crippen LogP contribution >= 0.6 is 11.3 Å². The summed E-state index contributed by atoms with van der Waals surface area (Å²) >= 11 is 1.54. The number of hydrogen-bond donors (Lipinski definition) is 1. The minimum Gasteiger partial charge on any atom is -0.346 e. The number of pyridine rings is 1. The molecule has 3 rings (SSSR count). The molecule has 0 aliphatic heterocycles. The van der Waals surface area contributed by atoms with Gasteiger partial charge in [0.05, 0.1) is 17.2 Å². The molecule has 0 aliphatic carbocycles. The molecule has 23 heavy (non-hydrogen) atoms. The molecule has 0 atom stereocenters. The van der Waals surface area contributed by atoms with Crippen molar-refractivity contribution in [2.45, 2.75) is 6.92 Å². The van der Waals surface area contributed by atoms with E-state index < -0.39 is 0 Å². The van der Waals surface area contributed by atoms with E-state index in [0.29, 0.717) is 11.1 Å². The van der Waals surface area contributed by atoms with Gasteiger partial charge in [-0.05, 0) is 54.4 Å². The summed E-state index contributed by atoms with van der Waals surface area (Å²) in [7, 11) is 0. The van der Waals surface area contributed by atoms with Gasteiger partial charge in [0.2, 0.25) is 0 Å². The summed E-state index contributed by atoms with van der Waals surface area (Å²) in [5.74, 6) is 0. The van der Waals surface area contributed by atoms with E-state index in [-0.39, 0.29) is 0 Å². The molecule has 0 amide bonds. The van der Waals surface area contributed by atoms with E-state index in [1.54, 1.807) is 35.9 Å². The van der Waals surface area contributed by atoms with Crippen molar-refractivity contribution in [3.05, 3.63) is 65.5 Å². The average Bonchev–Trinajstić information content (AvgIpc) is 2.92. The number of benzene rings is 1. The molecule has 0 unspecified atom stereocenters. The summed E-state index contributed by atoms with van der Waals surface area (Å²) in [4.78, 5) is 5.09. The van der Waals surface area contributed by atoms with E-state index in [2.05, 4.69) is 22.4 Å². The van der Waals surface area contributed by atoms with Crippen LogP contribution in [0.2, 0.25) is 0 Å². The number of nitrogens with zero attached hydrogens (tertiary/aromatic N) is 3. The fourth-order valence-corrected chi connectivity index (χ4v) is 3.46. The maximum atomic E-state index is 9.48. The van der Waals surface area contributed by atoms with Crippen LogP contribution in [0.25, 0.3) is 10.4 Å². The van der Waals surface area contributed by atoms with Crippen LogP contribution in [0.5, 0.6) is 0 Å². The molecule has 0 spiro atoms. The van der Waals surface area contributed by atoms with Crippen molar-refractivity contribution in [3.63, 3.8) is 0 Å². The normalized spacial score (nSPS) is 9.87. The number of anilines is 2. The Hall–Kier alpha value is -3.15. The van der Waals surface area contributed by atoms with Gasteiger partial charge in [0.15, 0.2) is 0 Å². The largest absolute Gasteiger partial charge is 0.346 e. The Morgan fingerprint density at radius 2 is 1.70 bits per heavy atom. The average molecular weight is 316 g/mol. The first-order chi connectivity index (χ1) is 11.2. The first kappa shape index (κ1) is 14.8. The van der Waals surface area contributed by atoms with E-state index in [1.807, 2.05) is 31.2 Å². The van der Waals surface area contributed by atoms with Gasteiger partial charge >= 0.3 is 0 Å². The predicted molar refractivity (Wildman–Crippen MR) is 91.4 cm³/mol. The van der Waals surface area contributed by atoms with E-state index in [1.165, 1.54) is 0 Å². The zero-order valence-electron chi connectivity index (χ0n) is 12.4. The summed E-state index contributed by atoms with van der Waals surface area (Å²) in [6.45, 7) is 1.95. The van der Waals surface area contributed by atoms with Gasteiger partial charge in [0.25, 0.3) is 0 Å². The number of nitrogens with one attached hydrogen (secondary N) is 1. The zero-order chi connectivity index (χ0) is 16.2. The van der Waals surface area contributed by atoms with Crippen LogP contribution in [0.4, 0.5) is 10.7 Å². The van der Waals surface area contributed by atoms with Gasteiger partial charge in [-0.25, -0.2) is 0 Å². The fourth-order valence-electron chi connectivity index (χ4n) is 2.27. The summed E-state index contributed by atoms with van der Waals surface area (Å²) in [6.07, 6.45) is 3.49. The van der Waals surface area contributed by atoms with Crippen LogP contribution in [-0.2, 0) is 0 Å². The standard InChI is InChI=1S/C18H12N4S/c1-12-16(11-20)18(22-15-4-2-13(10-19)3-5-15)23-17(12)14-6-8-21-9-7-14/h2-9,22H,1H3.